The van der Waals surface area contributed by atoms with Crippen molar-refractivity contribution >= 4 is 32.7 Å². The van der Waals surface area contributed by atoms with E-state index < -0.39 is 43.8 Å². The van der Waals surface area contributed by atoms with Gasteiger partial charge in [-0.05, 0) is 24.5 Å². The van der Waals surface area contributed by atoms with Gasteiger partial charge in [0.25, 0.3) is 0 Å². The summed E-state index contributed by atoms with van der Waals surface area (Å²) in [5, 5.41) is 2.88. The normalized spacial score (nSPS) is 12.9. The van der Waals surface area contributed by atoms with Gasteiger partial charge in [0.05, 0.1) is 36.2 Å². The number of nitrogens with one attached hydrogen (secondary N) is 2. The van der Waals surface area contributed by atoms with Crippen molar-refractivity contribution < 1.29 is 26.7 Å². The Bertz CT molecular complexity index is 1610. The smallest absolute Gasteiger partial charge is 0.307 e. The number of benzene rings is 1. The molecule has 1 unspecified atom stereocenters. The number of halogens is 2. The molecule has 12 heteroatoms. The molecule has 0 amide bonds. The number of hydrogen-bond donors (Lipinski definition) is 2. The summed E-state index contributed by atoms with van der Waals surface area (Å²) in [6.07, 6.45) is 3.07. The number of methoxy groups -OCH3 is 1. The number of pyridine rings is 1. The Morgan fingerprint density at radius 2 is 1.76 bits per heavy atom. The first-order valence-electron chi connectivity index (χ1n) is 11.7. The molecule has 0 bridgehead atoms. The molecule has 0 radical (unpaired) electrons. The summed E-state index contributed by atoms with van der Waals surface area (Å²) in [6, 6.07) is 5.46. The van der Waals surface area contributed by atoms with Crippen LogP contribution >= 0.6 is 0 Å². The zero-order chi connectivity index (χ0) is 27.8. The molecule has 3 heterocycles. The lowest BCUT2D eigenvalue weighted by Gasteiger charge is -2.31. The zero-order valence-electron chi connectivity index (χ0n) is 21.5. The third-order valence-electron chi connectivity index (χ3n) is 6.15. The van der Waals surface area contributed by atoms with Crippen LogP contribution in [-0.4, -0.2) is 47.5 Å². The molecular weight excluding hydrogens is 516 g/mol. The number of carbonyl (C=O) groups excluding carboxylic acids is 1. The van der Waals surface area contributed by atoms with Gasteiger partial charge >= 0.3 is 5.97 Å². The maximum Gasteiger partial charge on any atom is 0.307 e. The topological polar surface area (TPSA) is 127 Å². The summed E-state index contributed by atoms with van der Waals surface area (Å²) in [5.74, 6) is -2.61. The Balaban J connectivity index is 1.86. The quantitative estimate of drug-likeness (QED) is 0.318. The van der Waals surface area contributed by atoms with Gasteiger partial charge in [-0.25, -0.2) is 32.2 Å². The minimum Gasteiger partial charge on any atom is -0.469 e. The number of ether oxygens (including phenoxy) is 1. The number of hydrogen-bond acceptors (Lipinski definition) is 8. The second kappa shape index (κ2) is 10.1. The van der Waals surface area contributed by atoms with Crippen molar-refractivity contribution in [3.05, 3.63) is 60.1 Å². The van der Waals surface area contributed by atoms with Crippen molar-refractivity contribution in [2.75, 3.05) is 12.4 Å². The van der Waals surface area contributed by atoms with E-state index in [9.17, 15) is 17.6 Å². The summed E-state index contributed by atoms with van der Waals surface area (Å²) < 4.78 is 61.8. The number of aromatic nitrogens is 4. The fraction of sp³-hybridized carbons (Fsp3) is 0.308. The lowest BCUT2D eigenvalue weighted by Crippen LogP contribution is -2.37. The van der Waals surface area contributed by atoms with E-state index in [1.807, 2.05) is 20.8 Å². The largest absolute Gasteiger partial charge is 0.469 e. The van der Waals surface area contributed by atoms with Crippen molar-refractivity contribution in [2.45, 2.75) is 49.9 Å². The van der Waals surface area contributed by atoms with Crippen molar-refractivity contribution in [3.8, 4) is 11.4 Å². The molecule has 0 aliphatic rings. The van der Waals surface area contributed by atoms with Gasteiger partial charge in [-0.15, -0.1) is 0 Å². The van der Waals surface area contributed by atoms with Crippen molar-refractivity contribution in [2.24, 2.45) is 5.41 Å². The molecule has 0 saturated heterocycles. The molecule has 0 fully saturated rings. The first-order valence-corrected chi connectivity index (χ1v) is 13.1. The number of sulfone groups is 1. The SMILES string of the molecule is COC(=O)CC(Nc1nc(-c2c[nH]c3ncc(F)c(S(=O)(=O)c4ccc(C)cc4)c23)ncc1F)C(C)(C)C. The number of aryl methyl sites for hydroxylation is 1. The first-order chi connectivity index (χ1) is 17.8. The predicted molar refractivity (Wildman–Crippen MR) is 137 cm³/mol. The van der Waals surface area contributed by atoms with Crippen LogP contribution in [0.15, 0.2) is 52.6 Å². The van der Waals surface area contributed by atoms with Crippen LogP contribution in [0.4, 0.5) is 14.6 Å². The Hall–Kier alpha value is -3.93. The number of anilines is 1. The molecule has 4 aromatic rings. The Morgan fingerprint density at radius 1 is 1.11 bits per heavy atom. The molecule has 200 valence electrons. The maximum absolute atomic E-state index is 15.1. The molecule has 0 aliphatic carbocycles. The van der Waals surface area contributed by atoms with Crippen molar-refractivity contribution in [3.63, 3.8) is 0 Å². The highest BCUT2D eigenvalue weighted by Gasteiger charge is 2.31. The van der Waals surface area contributed by atoms with Crippen molar-refractivity contribution in [1.82, 2.24) is 19.9 Å². The first kappa shape index (κ1) is 27.1. The molecule has 0 saturated carbocycles. The molecule has 38 heavy (non-hydrogen) atoms. The summed E-state index contributed by atoms with van der Waals surface area (Å²) >= 11 is 0. The van der Waals surface area contributed by atoms with Crippen LogP contribution in [0.3, 0.4) is 0 Å². The summed E-state index contributed by atoms with van der Waals surface area (Å²) in [5.41, 5.74) is 0.551. The fourth-order valence-electron chi connectivity index (χ4n) is 3.90. The number of carbonyl (C=O) groups is 1. The van der Waals surface area contributed by atoms with Gasteiger partial charge in [-0.1, -0.05) is 38.5 Å². The molecule has 9 nitrogen and oxygen atoms in total. The van der Waals surface area contributed by atoms with E-state index in [0.717, 1.165) is 18.0 Å². The fourth-order valence-corrected chi connectivity index (χ4v) is 5.42. The maximum atomic E-state index is 15.1. The molecule has 1 atom stereocenters. The van der Waals surface area contributed by atoms with E-state index >= 15 is 4.39 Å². The summed E-state index contributed by atoms with van der Waals surface area (Å²) in [7, 11) is -3.06. The van der Waals surface area contributed by atoms with Gasteiger partial charge in [-0.3, -0.25) is 4.79 Å². The van der Waals surface area contributed by atoms with Gasteiger partial charge in [0.15, 0.2) is 23.3 Å². The van der Waals surface area contributed by atoms with E-state index in [-0.39, 0.29) is 39.6 Å². The van der Waals surface area contributed by atoms with Gasteiger partial charge in [0.1, 0.15) is 10.5 Å². The number of H-pyrrole nitrogens is 1. The van der Waals surface area contributed by atoms with Gasteiger partial charge in [-0.2, -0.15) is 0 Å². The number of rotatable bonds is 7. The minimum atomic E-state index is -4.32. The highest BCUT2D eigenvalue weighted by atomic mass is 32.2. The van der Waals surface area contributed by atoms with Crippen LogP contribution in [0.2, 0.25) is 0 Å². The average molecular weight is 544 g/mol. The second-order valence-corrected chi connectivity index (χ2v) is 11.8. The third-order valence-corrected chi connectivity index (χ3v) is 7.98. The Kier molecular flexibility index (Phi) is 7.20. The Labute approximate surface area is 218 Å². The van der Waals surface area contributed by atoms with E-state index in [4.69, 9.17) is 4.74 Å². The van der Waals surface area contributed by atoms with Crippen LogP contribution in [0, 0.1) is 24.0 Å². The van der Waals surface area contributed by atoms with Crippen LogP contribution in [0.5, 0.6) is 0 Å². The summed E-state index contributed by atoms with van der Waals surface area (Å²) in [6.45, 7) is 7.40. The van der Waals surface area contributed by atoms with E-state index in [1.54, 1.807) is 19.1 Å². The lowest BCUT2D eigenvalue weighted by molar-refractivity contribution is -0.141. The lowest BCUT2D eigenvalue weighted by atomic mass is 9.84. The third kappa shape index (κ3) is 5.21. The standard InChI is InChI=1S/C26H27F2N5O4S/c1-14-6-8-15(9-7-14)38(35,36)22-17(27)12-31-25-21(22)16(11-29-25)23-30-13-18(28)24(33-23)32-19(26(2,3)4)10-20(34)37-5/h6-9,11-13,19H,10H2,1-5H3,(H,29,31)(H,30,32,33). The number of fused-ring (bicyclic) bond motifs is 1. The molecule has 4 rings (SSSR count). The van der Waals surface area contributed by atoms with E-state index in [1.165, 1.54) is 25.4 Å². The van der Waals surface area contributed by atoms with Crippen LogP contribution in [-0.2, 0) is 19.4 Å². The minimum absolute atomic E-state index is 0.0556. The Morgan fingerprint density at radius 3 is 2.39 bits per heavy atom. The van der Waals surface area contributed by atoms with Gasteiger partial charge < -0.3 is 15.0 Å². The molecule has 0 spiro atoms. The highest BCUT2D eigenvalue weighted by Crippen LogP contribution is 2.36. The van der Waals surface area contributed by atoms with Gasteiger partial charge in [0, 0.05) is 17.8 Å². The number of nitrogens with zero attached hydrogens (tertiary/aromatic N) is 3. The molecule has 1 aromatic carbocycles. The zero-order valence-corrected chi connectivity index (χ0v) is 22.3. The van der Waals surface area contributed by atoms with E-state index in [2.05, 4.69) is 25.3 Å². The number of esters is 1. The van der Waals surface area contributed by atoms with Gasteiger partial charge in [0.2, 0.25) is 9.84 Å². The molecule has 2 N–H and O–H groups in total. The molecular formula is C26H27F2N5O4S. The second-order valence-electron chi connectivity index (χ2n) is 9.91. The average Bonchev–Trinajstić information content (AvgIpc) is 3.28. The van der Waals surface area contributed by atoms with E-state index in [0.29, 0.717) is 0 Å². The van der Waals surface area contributed by atoms with Crippen LogP contribution < -0.4 is 5.32 Å². The molecule has 3 aromatic heterocycles. The summed E-state index contributed by atoms with van der Waals surface area (Å²) in [4.78, 5) is 26.4. The highest BCUT2D eigenvalue weighted by molar-refractivity contribution is 7.91. The molecule has 0 aliphatic heterocycles. The predicted octanol–water partition coefficient (Wildman–Crippen LogP) is 4.83. The monoisotopic (exact) mass is 543 g/mol. The number of aromatic amines is 1. The van der Waals surface area contributed by atoms with Crippen LogP contribution in [0.1, 0.15) is 32.8 Å². The van der Waals surface area contributed by atoms with Crippen molar-refractivity contribution in [1.29, 1.82) is 0 Å². The van der Waals surface area contributed by atoms with Crippen LogP contribution in [0.25, 0.3) is 22.4 Å².